The summed E-state index contributed by atoms with van der Waals surface area (Å²) in [7, 11) is 3.93. The molecule has 0 heterocycles. The van der Waals surface area contributed by atoms with Crippen molar-refractivity contribution >= 4 is 34.8 Å². The van der Waals surface area contributed by atoms with E-state index in [-0.39, 0.29) is 12.5 Å². The van der Waals surface area contributed by atoms with Crippen LogP contribution in [0, 0.1) is 0 Å². The van der Waals surface area contributed by atoms with Crippen LogP contribution in [0.5, 0.6) is 5.75 Å². The molecule has 8 heteroatoms. The van der Waals surface area contributed by atoms with Crippen molar-refractivity contribution in [2.24, 2.45) is 0 Å². The first-order chi connectivity index (χ1) is 9.99. The normalized spacial score (nSPS) is 10.1. The highest BCUT2D eigenvalue weighted by Crippen LogP contribution is 2.22. The number of amides is 1. The topological polar surface area (TPSA) is 65.6 Å². The maximum Gasteiger partial charge on any atom is 0.276 e. The fourth-order valence-corrected chi connectivity index (χ4v) is 1.65. The number of para-hydroxylation sites is 1. The van der Waals surface area contributed by atoms with Crippen LogP contribution in [0.25, 0.3) is 0 Å². The fraction of sp³-hybridized carbons (Fsp3) is 0.385. The molecule has 0 atom stereocenters. The summed E-state index contributed by atoms with van der Waals surface area (Å²) < 4.78 is 5.29. The highest BCUT2D eigenvalue weighted by atomic mass is 35.5. The first-order valence-electron chi connectivity index (χ1n) is 6.34. The quantitative estimate of drug-likeness (QED) is 0.529. The van der Waals surface area contributed by atoms with Crippen LogP contribution in [0.4, 0.5) is 0 Å². The Morgan fingerprint density at radius 2 is 2.05 bits per heavy atom. The Morgan fingerprint density at radius 3 is 2.71 bits per heavy atom. The van der Waals surface area contributed by atoms with Gasteiger partial charge in [0, 0.05) is 13.1 Å². The number of hydrogen-bond acceptors (Lipinski definition) is 4. The lowest BCUT2D eigenvalue weighted by molar-refractivity contribution is -0.123. The Labute approximate surface area is 134 Å². The smallest absolute Gasteiger partial charge is 0.276 e. The van der Waals surface area contributed by atoms with Gasteiger partial charge in [-0.3, -0.25) is 15.6 Å². The molecule has 0 aromatic heterocycles. The highest BCUT2D eigenvalue weighted by molar-refractivity contribution is 7.80. The minimum absolute atomic E-state index is 0.156. The third-order valence-corrected chi connectivity index (χ3v) is 2.91. The van der Waals surface area contributed by atoms with E-state index in [1.165, 1.54) is 0 Å². The van der Waals surface area contributed by atoms with Gasteiger partial charge >= 0.3 is 0 Å². The van der Waals surface area contributed by atoms with Gasteiger partial charge in [-0.15, -0.1) is 0 Å². The summed E-state index contributed by atoms with van der Waals surface area (Å²) in [6, 6.07) is 6.95. The molecule has 1 rings (SSSR count). The predicted octanol–water partition coefficient (Wildman–Crippen LogP) is 0.776. The second-order valence-electron chi connectivity index (χ2n) is 4.45. The number of benzene rings is 1. The van der Waals surface area contributed by atoms with E-state index in [2.05, 4.69) is 16.2 Å². The molecular weight excluding hydrogens is 312 g/mol. The predicted molar refractivity (Wildman–Crippen MR) is 87.4 cm³/mol. The maximum atomic E-state index is 11.6. The first-order valence-corrected chi connectivity index (χ1v) is 7.12. The Balaban J connectivity index is 2.19. The van der Waals surface area contributed by atoms with Gasteiger partial charge in [-0.1, -0.05) is 23.7 Å². The second-order valence-corrected chi connectivity index (χ2v) is 5.27. The third kappa shape index (κ3) is 7.69. The number of rotatable bonds is 6. The molecule has 0 spiro atoms. The fourth-order valence-electron chi connectivity index (χ4n) is 1.30. The van der Waals surface area contributed by atoms with Crippen molar-refractivity contribution in [1.29, 1.82) is 0 Å². The monoisotopic (exact) mass is 330 g/mol. The Morgan fingerprint density at radius 1 is 1.33 bits per heavy atom. The molecule has 0 fully saturated rings. The molecule has 1 aromatic rings. The molecule has 3 N–H and O–H groups in total. The number of carbonyl (C=O) groups is 1. The van der Waals surface area contributed by atoms with Crippen LogP contribution in [0.1, 0.15) is 0 Å². The number of ether oxygens (including phenoxy) is 1. The van der Waals surface area contributed by atoms with Crippen molar-refractivity contribution in [3.63, 3.8) is 0 Å². The Bertz CT molecular complexity index is 485. The average Bonchev–Trinajstić information content (AvgIpc) is 2.44. The number of nitrogens with one attached hydrogen (secondary N) is 3. The van der Waals surface area contributed by atoms with E-state index in [9.17, 15) is 4.79 Å². The summed E-state index contributed by atoms with van der Waals surface area (Å²) >= 11 is 10.9. The van der Waals surface area contributed by atoms with E-state index in [4.69, 9.17) is 28.6 Å². The number of halogens is 1. The molecule has 1 amide bonds. The molecule has 0 saturated heterocycles. The molecule has 0 saturated carbocycles. The molecule has 6 nitrogen and oxygen atoms in total. The minimum atomic E-state index is -0.355. The van der Waals surface area contributed by atoms with E-state index in [0.29, 0.717) is 22.4 Å². The lowest BCUT2D eigenvalue weighted by atomic mass is 10.3. The molecule has 0 aliphatic carbocycles. The van der Waals surface area contributed by atoms with Gasteiger partial charge in [0.25, 0.3) is 5.91 Å². The molecule has 0 unspecified atom stereocenters. The van der Waals surface area contributed by atoms with E-state index in [1.54, 1.807) is 24.3 Å². The standard InChI is InChI=1S/C13H19ClN4O2S/c1-18(2)8-7-15-13(21)17-16-12(19)9-20-11-6-4-3-5-10(11)14/h3-6H,7-9H2,1-2H3,(H,16,19)(H2,15,17,21). The lowest BCUT2D eigenvalue weighted by Gasteiger charge is -2.14. The van der Waals surface area contributed by atoms with Crippen LogP contribution in [0.15, 0.2) is 24.3 Å². The van der Waals surface area contributed by atoms with E-state index >= 15 is 0 Å². The van der Waals surface area contributed by atoms with E-state index in [0.717, 1.165) is 6.54 Å². The van der Waals surface area contributed by atoms with Gasteiger partial charge in [-0.05, 0) is 38.4 Å². The summed E-state index contributed by atoms with van der Waals surface area (Å²) in [5, 5.41) is 3.76. The maximum absolute atomic E-state index is 11.6. The number of hydrazine groups is 1. The average molecular weight is 331 g/mol. The van der Waals surface area contributed by atoms with E-state index in [1.807, 2.05) is 19.0 Å². The minimum Gasteiger partial charge on any atom is -0.482 e. The third-order valence-electron chi connectivity index (χ3n) is 2.36. The van der Waals surface area contributed by atoms with Crippen molar-refractivity contribution < 1.29 is 9.53 Å². The number of nitrogens with zero attached hydrogens (tertiary/aromatic N) is 1. The van der Waals surface area contributed by atoms with Crippen LogP contribution >= 0.6 is 23.8 Å². The van der Waals surface area contributed by atoms with Gasteiger partial charge in [-0.2, -0.15) is 0 Å². The second kappa shape index (κ2) is 9.38. The number of likely N-dealkylation sites (N-methyl/N-ethyl adjacent to an activating group) is 1. The van der Waals surface area contributed by atoms with Gasteiger partial charge in [-0.25, -0.2) is 0 Å². The molecule has 0 aliphatic rings. The Kier molecular flexibility index (Phi) is 7.81. The summed E-state index contributed by atoms with van der Waals surface area (Å²) in [5.74, 6) is 0.104. The highest BCUT2D eigenvalue weighted by Gasteiger charge is 2.05. The molecule has 0 radical (unpaired) electrons. The van der Waals surface area contributed by atoms with Crippen molar-refractivity contribution in [3.05, 3.63) is 29.3 Å². The zero-order valence-electron chi connectivity index (χ0n) is 12.0. The number of thiocarbonyl (C=S) groups is 1. The molecule has 0 bridgehead atoms. The molecule has 21 heavy (non-hydrogen) atoms. The molecule has 116 valence electrons. The van der Waals surface area contributed by atoms with Crippen molar-refractivity contribution in [2.45, 2.75) is 0 Å². The summed E-state index contributed by atoms with van der Waals surface area (Å²) in [4.78, 5) is 13.6. The number of hydrogen-bond donors (Lipinski definition) is 3. The van der Waals surface area contributed by atoms with Crippen molar-refractivity contribution in [2.75, 3.05) is 33.8 Å². The van der Waals surface area contributed by atoms with Gasteiger partial charge in [0.2, 0.25) is 0 Å². The zero-order chi connectivity index (χ0) is 15.7. The summed E-state index contributed by atoms with van der Waals surface area (Å²) in [6.07, 6.45) is 0. The van der Waals surface area contributed by atoms with Crippen molar-refractivity contribution in [1.82, 2.24) is 21.1 Å². The van der Waals surface area contributed by atoms with Crippen LogP contribution < -0.4 is 20.9 Å². The molecule has 1 aromatic carbocycles. The van der Waals surface area contributed by atoms with Crippen LogP contribution in [0.3, 0.4) is 0 Å². The number of carbonyl (C=O) groups excluding carboxylic acids is 1. The van der Waals surface area contributed by atoms with Gasteiger partial charge in [0.05, 0.1) is 5.02 Å². The van der Waals surface area contributed by atoms with Gasteiger partial charge in [0.15, 0.2) is 11.7 Å². The van der Waals surface area contributed by atoms with Crippen LogP contribution in [-0.4, -0.2) is 49.7 Å². The van der Waals surface area contributed by atoms with Crippen LogP contribution in [0.2, 0.25) is 5.02 Å². The van der Waals surface area contributed by atoms with E-state index < -0.39 is 0 Å². The molecule has 0 aliphatic heterocycles. The Hall–Kier alpha value is -1.57. The van der Waals surface area contributed by atoms with Gasteiger partial charge < -0.3 is 15.0 Å². The first kappa shape index (κ1) is 17.5. The largest absolute Gasteiger partial charge is 0.482 e. The van der Waals surface area contributed by atoms with Gasteiger partial charge in [0.1, 0.15) is 5.75 Å². The lowest BCUT2D eigenvalue weighted by Crippen LogP contribution is -2.49. The SMILES string of the molecule is CN(C)CCNC(=S)NNC(=O)COc1ccccc1Cl. The summed E-state index contributed by atoms with van der Waals surface area (Å²) in [6.45, 7) is 1.37. The molecular formula is C13H19ClN4O2S. The zero-order valence-corrected chi connectivity index (χ0v) is 13.6. The van der Waals surface area contributed by atoms with Crippen LogP contribution in [-0.2, 0) is 4.79 Å². The van der Waals surface area contributed by atoms with Crippen molar-refractivity contribution in [3.8, 4) is 5.75 Å². The summed E-state index contributed by atoms with van der Waals surface area (Å²) in [5.41, 5.74) is 5.03.